The molecule has 0 atom stereocenters. The standard InChI is InChI=1S/C14H26N2/c1-2-3-4-5-6-7-8-9-10-11-14-15-12-13-16-14/h9-10H,2-8,11-13H2,1H3,(H,15,16)/b10-9+. The first-order valence-electron chi connectivity index (χ1n) is 6.85. The van der Waals surface area contributed by atoms with Crippen LogP contribution >= 0.6 is 0 Å². The Hall–Kier alpha value is -0.790. The zero-order valence-corrected chi connectivity index (χ0v) is 10.7. The average Bonchev–Trinajstić information content (AvgIpc) is 2.80. The minimum atomic E-state index is 0.959. The second-order valence-electron chi connectivity index (χ2n) is 4.49. The zero-order valence-electron chi connectivity index (χ0n) is 10.7. The lowest BCUT2D eigenvalue weighted by molar-refractivity contribution is 0.611. The van der Waals surface area contributed by atoms with Crippen LogP contribution in [0.15, 0.2) is 17.1 Å². The zero-order chi connectivity index (χ0) is 11.5. The molecule has 0 saturated carbocycles. The van der Waals surface area contributed by atoms with Crippen molar-refractivity contribution >= 4 is 5.84 Å². The van der Waals surface area contributed by atoms with Gasteiger partial charge in [0.05, 0.1) is 6.54 Å². The van der Waals surface area contributed by atoms with Gasteiger partial charge in [-0.3, -0.25) is 4.99 Å². The number of nitrogens with one attached hydrogen (secondary N) is 1. The summed E-state index contributed by atoms with van der Waals surface area (Å²) in [5.74, 6) is 1.17. The fourth-order valence-electron chi connectivity index (χ4n) is 1.94. The van der Waals surface area contributed by atoms with Gasteiger partial charge in [-0.2, -0.15) is 0 Å². The Bertz CT molecular complexity index is 219. The average molecular weight is 222 g/mol. The second kappa shape index (κ2) is 9.44. The number of hydrogen-bond donors (Lipinski definition) is 1. The lowest BCUT2D eigenvalue weighted by Gasteiger charge is -1.98. The third kappa shape index (κ3) is 6.65. The third-order valence-electron chi connectivity index (χ3n) is 2.95. The number of amidine groups is 1. The van der Waals surface area contributed by atoms with E-state index in [1.165, 1.54) is 50.8 Å². The monoisotopic (exact) mass is 222 g/mol. The molecule has 2 nitrogen and oxygen atoms in total. The van der Waals surface area contributed by atoms with Crippen LogP contribution in [0.2, 0.25) is 0 Å². The molecule has 0 bridgehead atoms. The Kier molecular flexibility index (Phi) is 7.83. The van der Waals surface area contributed by atoms with Crippen molar-refractivity contribution in [2.45, 2.75) is 58.3 Å². The Labute approximate surface area is 100 Å². The van der Waals surface area contributed by atoms with E-state index in [-0.39, 0.29) is 0 Å². The molecule has 1 aliphatic heterocycles. The van der Waals surface area contributed by atoms with E-state index in [4.69, 9.17) is 0 Å². The van der Waals surface area contributed by atoms with Crippen LogP contribution in [0, 0.1) is 0 Å². The van der Waals surface area contributed by atoms with E-state index in [1.807, 2.05) is 0 Å². The molecule has 0 aromatic carbocycles. The normalized spacial score (nSPS) is 15.4. The predicted octanol–water partition coefficient (Wildman–Crippen LogP) is 3.69. The van der Waals surface area contributed by atoms with Crippen LogP contribution in [-0.2, 0) is 0 Å². The Morgan fingerprint density at radius 2 is 1.94 bits per heavy atom. The predicted molar refractivity (Wildman–Crippen MR) is 72.1 cm³/mol. The fourth-order valence-corrected chi connectivity index (χ4v) is 1.94. The highest BCUT2D eigenvalue weighted by Crippen LogP contribution is 2.07. The maximum absolute atomic E-state index is 4.36. The summed E-state index contributed by atoms with van der Waals surface area (Å²) >= 11 is 0. The summed E-state index contributed by atoms with van der Waals surface area (Å²) in [6, 6.07) is 0. The molecule has 16 heavy (non-hydrogen) atoms. The first-order valence-corrected chi connectivity index (χ1v) is 6.85. The van der Waals surface area contributed by atoms with E-state index < -0.39 is 0 Å². The van der Waals surface area contributed by atoms with Gasteiger partial charge >= 0.3 is 0 Å². The summed E-state index contributed by atoms with van der Waals surface area (Å²) < 4.78 is 0. The highest BCUT2D eigenvalue weighted by atomic mass is 15.1. The Balaban J connectivity index is 1.84. The molecule has 2 heteroatoms. The van der Waals surface area contributed by atoms with E-state index in [1.54, 1.807) is 0 Å². The lowest BCUT2D eigenvalue weighted by Crippen LogP contribution is -2.17. The van der Waals surface area contributed by atoms with Gasteiger partial charge in [0.2, 0.25) is 0 Å². The third-order valence-corrected chi connectivity index (χ3v) is 2.95. The molecule has 0 aromatic rings. The number of rotatable bonds is 9. The van der Waals surface area contributed by atoms with E-state index in [0.29, 0.717) is 0 Å². The fraction of sp³-hybridized carbons (Fsp3) is 0.786. The number of nitrogens with zero attached hydrogens (tertiary/aromatic N) is 1. The van der Waals surface area contributed by atoms with Gasteiger partial charge in [0, 0.05) is 13.0 Å². The molecular weight excluding hydrogens is 196 g/mol. The lowest BCUT2D eigenvalue weighted by atomic mass is 10.1. The van der Waals surface area contributed by atoms with Crippen LogP contribution in [-0.4, -0.2) is 18.9 Å². The van der Waals surface area contributed by atoms with Gasteiger partial charge < -0.3 is 5.32 Å². The minimum Gasteiger partial charge on any atom is -0.372 e. The van der Waals surface area contributed by atoms with Gasteiger partial charge in [0.15, 0.2) is 0 Å². The minimum absolute atomic E-state index is 0.959. The van der Waals surface area contributed by atoms with E-state index >= 15 is 0 Å². The smallest absolute Gasteiger partial charge is 0.100 e. The molecule has 0 fully saturated rings. The van der Waals surface area contributed by atoms with Crippen LogP contribution in [0.4, 0.5) is 0 Å². The quantitative estimate of drug-likeness (QED) is 0.467. The highest BCUT2D eigenvalue weighted by Gasteiger charge is 2.00. The Morgan fingerprint density at radius 1 is 1.12 bits per heavy atom. The molecule has 0 saturated heterocycles. The van der Waals surface area contributed by atoms with Crippen molar-refractivity contribution in [3.8, 4) is 0 Å². The second-order valence-corrected chi connectivity index (χ2v) is 4.49. The molecule has 0 aliphatic carbocycles. The summed E-state index contributed by atoms with van der Waals surface area (Å²) in [7, 11) is 0. The summed E-state index contributed by atoms with van der Waals surface area (Å²) in [5.41, 5.74) is 0. The van der Waals surface area contributed by atoms with Gasteiger partial charge in [-0.05, 0) is 12.8 Å². The number of unbranched alkanes of at least 4 members (excludes halogenated alkanes) is 6. The van der Waals surface area contributed by atoms with Gasteiger partial charge in [0.25, 0.3) is 0 Å². The van der Waals surface area contributed by atoms with Crippen molar-refractivity contribution in [3.05, 3.63) is 12.2 Å². The number of hydrogen-bond acceptors (Lipinski definition) is 2. The molecule has 1 heterocycles. The molecule has 0 unspecified atom stereocenters. The SMILES string of the molecule is CCCCCCCC/C=C/CC1=NCCN1. The van der Waals surface area contributed by atoms with Gasteiger partial charge in [-0.25, -0.2) is 0 Å². The van der Waals surface area contributed by atoms with E-state index in [9.17, 15) is 0 Å². The molecule has 0 radical (unpaired) electrons. The van der Waals surface area contributed by atoms with Crippen LogP contribution in [0.25, 0.3) is 0 Å². The van der Waals surface area contributed by atoms with E-state index in [2.05, 4.69) is 29.4 Å². The van der Waals surface area contributed by atoms with Gasteiger partial charge in [-0.15, -0.1) is 0 Å². The first-order chi connectivity index (χ1) is 7.93. The van der Waals surface area contributed by atoms with Gasteiger partial charge in [0.1, 0.15) is 5.84 Å². The summed E-state index contributed by atoms with van der Waals surface area (Å²) in [5, 5.41) is 3.28. The van der Waals surface area contributed by atoms with Crippen LogP contribution in [0.1, 0.15) is 58.3 Å². The number of allylic oxidation sites excluding steroid dienone is 1. The summed E-state index contributed by atoms with van der Waals surface area (Å²) in [6.07, 6.45) is 15.1. The molecule has 0 aromatic heterocycles. The van der Waals surface area contributed by atoms with E-state index in [0.717, 1.165) is 19.5 Å². The maximum Gasteiger partial charge on any atom is 0.100 e. The van der Waals surface area contributed by atoms with Crippen LogP contribution < -0.4 is 5.32 Å². The maximum atomic E-state index is 4.36. The van der Waals surface area contributed by atoms with Crippen molar-refractivity contribution in [2.75, 3.05) is 13.1 Å². The van der Waals surface area contributed by atoms with Crippen molar-refractivity contribution in [1.82, 2.24) is 5.32 Å². The van der Waals surface area contributed by atoms with Gasteiger partial charge in [-0.1, -0.05) is 51.2 Å². The summed E-state index contributed by atoms with van der Waals surface area (Å²) in [6.45, 7) is 4.25. The molecule has 0 spiro atoms. The Morgan fingerprint density at radius 3 is 2.69 bits per heavy atom. The van der Waals surface area contributed by atoms with Crippen molar-refractivity contribution in [2.24, 2.45) is 4.99 Å². The first kappa shape index (κ1) is 13.3. The molecular formula is C14H26N2. The largest absolute Gasteiger partial charge is 0.372 e. The number of aliphatic imine (C=N–C) groups is 1. The summed E-state index contributed by atoms with van der Waals surface area (Å²) in [4.78, 5) is 4.36. The molecule has 1 aliphatic rings. The van der Waals surface area contributed by atoms with Crippen LogP contribution in [0.5, 0.6) is 0 Å². The molecule has 1 rings (SSSR count). The molecule has 92 valence electrons. The topological polar surface area (TPSA) is 24.4 Å². The van der Waals surface area contributed by atoms with Crippen LogP contribution in [0.3, 0.4) is 0 Å². The van der Waals surface area contributed by atoms with Crippen molar-refractivity contribution < 1.29 is 0 Å². The molecule has 1 N–H and O–H groups in total. The van der Waals surface area contributed by atoms with Crippen molar-refractivity contribution in [1.29, 1.82) is 0 Å². The molecule has 0 amide bonds. The highest BCUT2D eigenvalue weighted by molar-refractivity contribution is 5.84. The van der Waals surface area contributed by atoms with Crippen molar-refractivity contribution in [3.63, 3.8) is 0 Å².